The average molecular weight is 244 g/mol. The molecule has 1 unspecified atom stereocenters. The summed E-state index contributed by atoms with van der Waals surface area (Å²) < 4.78 is 5.26. The predicted octanol–water partition coefficient (Wildman–Crippen LogP) is 3.76. The van der Waals surface area contributed by atoms with E-state index in [1.54, 1.807) is 7.11 Å². The lowest BCUT2D eigenvalue weighted by Crippen LogP contribution is -2.02. The molecule has 0 amide bonds. The van der Waals surface area contributed by atoms with Crippen molar-refractivity contribution in [3.05, 3.63) is 65.7 Å². The first-order valence-corrected chi connectivity index (χ1v) is 6.28. The molecule has 0 N–H and O–H groups in total. The zero-order valence-electron chi connectivity index (χ0n) is 9.84. The van der Waals surface area contributed by atoms with Crippen LogP contribution in [0.4, 0.5) is 0 Å². The second kappa shape index (κ2) is 5.78. The quantitative estimate of drug-likeness (QED) is 0.806. The molecule has 0 bridgehead atoms. The second-order valence-corrected chi connectivity index (χ2v) is 4.29. The molecule has 0 saturated heterocycles. The van der Waals surface area contributed by atoms with Crippen molar-refractivity contribution in [2.24, 2.45) is 0 Å². The van der Waals surface area contributed by atoms with Gasteiger partial charge < -0.3 is 4.74 Å². The van der Waals surface area contributed by atoms with Crippen LogP contribution in [0.25, 0.3) is 0 Å². The molecule has 0 aliphatic rings. The summed E-state index contributed by atoms with van der Waals surface area (Å²) in [5.41, 5.74) is 2.53. The zero-order valence-corrected chi connectivity index (χ0v) is 10.7. The van der Waals surface area contributed by atoms with Crippen molar-refractivity contribution in [2.45, 2.75) is 5.92 Å². The van der Waals surface area contributed by atoms with Gasteiger partial charge in [-0.25, -0.2) is 0 Å². The molecule has 17 heavy (non-hydrogen) atoms. The largest absolute Gasteiger partial charge is 0.497 e. The summed E-state index contributed by atoms with van der Waals surface area (Å²) in [6, 6.07) is 18.6. The maximum atomic E-state index is 5.26. The highest BCUT2D eigenvalue weighted by atomic mass is 32.1. The Labute approximate surface area is 108 Å². The standard InChI is InChI=1S/C15H16OS/c1-16-14-9-5-8-13(10-14)15(11-17)12-6-3-2-4-7-12/h2-10,15,17H,11H2,1H3. The number of methoxy groups -OCH3 is 1. The molecule has 2 aromatic rings. The Bertz CT molecular complexity index is 467. The third kappa shape index (κ3) is 2.83. The van der Waals surface area contributed by atoms with E-state index in [4.69, 9.17) is 4.74 Å². The highest BCUT2D eigenvalue weighted by Gasteiger charge is 2.12. The Morgan fingerprint density at radius 3 is 2.35 bits per heavy atom. The fourth-order valence-electron chi connectivity index (χ4n) is 1.95. The van der Waals surface area contributed by atoms with Gasteiger partial charge in [-0.2, -0.15) is 12.6 Å². The lowest BCUT2D eigenvalue weighted by atomic mass is 9.93. The van der Waals surface area contributed by atoms with Crippen molar-refractivity contribution in [2.75, 3.05) is 12.9 Å². The van der Waals surface area contributed by atoms with Gasteiger partial charge in [0.05, 0.1) is 7.11 Å². The lowest BCUT2D eigenvalue weighted by molar-refractivity contribution is 0.414. The molecule has 0 aromatic heterocycles. The van der Waals surface area contributed by atoms with E-state index in [1.165, 1.54) is 11.1 Å². The molecule has 0 saturated carbocycles. The third-order valence-electron chi connectivity index (χ3n) is 2.88. The Kier molecular flexibility index (Phi) is 4.10. The van der Waals surface area contributed by atoms with Crippen LogP contribution in [0.3, 0.4) is 0 Å². The molecule has 2 heteroatoms. The van der Waals surface area contributed by atoms with Crippen LogP contribution in [0.2, 0.25) is 0 Å². The van der Waals surface area contributed by atoms with Crippen LogP contribution in [-0.4, -0.2) is 12.9 Å². The molecule has 0 heterocycles. The van der Waals surface area contributed by atoms with Gasteiger partial charge in [0.1, 0.15) is 5.75 Å². The van der Waals surface area contributed by atoms with Crippen LogP contribution in [0.15, 0.2) is 54.6 Å². The van der Waals surface area contributed by atoms with Crippen LogP contribution in [0.5, 0.6) is 5.75 Å². The van der Waals surface area contributed by atoms with Gasteiger partial charge in [-0.05, 0) is 23.3 Å². The molecule has 2 rings (SSSR count). The van der Waals surface area contributed by atoms with Crippen LogP contribution >= 0.6 is 12.6 Å². The summed E-state index contributed by atoms with van der Waals surface area (Å²) in [5.74, 6) is 2.00. The molecule has 88 valence electrons. The number of hydrogen-bond acceptors (Lipinski definition) is 2. The van der Waals surface area contributed by atoms with Gasteiger partial charge in [0.15, 0.2) is 0 Å². The van der Waals surface area contributed by atoms with E-state index in [2.05, 4.69) is 49.0 Å². The number of benzene rings is 2. The minimum Gasteiger partial charge on any atom is -0.497 e. The van der Waals surface area contributed by atoms with Crippen molar-refractivity contribution in [3.8, 4) is 5.75 Å². The van der Waals surface area contributed by atoms with Gasteiger partial charge in [0.2, 0.25) is 0 Å². The van der Waals surface area contributed by atoms with Crippen molar-refractivity contribution < 1.29 is 4.74 Å². The monoisotopic (exact) mass is 244 g/mol. The predicted molar refractivity (Wildman–Crippen MR) is 75.1 cm³/mol. The first-order valence-electron chi connectivity index (χ1n) is 5.65. The fraction of sp³-hybridized carbons (Fsp3) is 0.200. The lowest BCUT2D eigenvalue weighted by Gasteiger charge is -2.16. The van der Waals surface area contributed by atoms with Gasteiger partial charge in [-0.1, -0.05) is 42.5 Å². The first kappa shape index (κ1) is 12.1. The summed E-state index contributed by atoms with van der Waals surface area (Å²) in [5, 5.41) is 0. The minimum absolute atomic E-state index is 0.314. The maximum Gasteiger partial charge on any atom is 0.119 e. The van der Waals surface area contributed by atoms with Crippen LogP contribution in [0, 0.1) is 0 Å². The van der Waals surface area contributed by atoms with Gasteiger partial charge >= 0.3 is 0 Å². The molecule has 0 fully saturated rings. The summed E-state index contributed by atoms with van der Waals surface area (Å²) in [6.07, 6.45) is 0. The Morgan fingerprint density at radius 2 is 1.71 bits per heavy atom. The smallest absolute Gasteiger partial charge is 0.119 e. The number of hydrogen-bond donors (Lipinski definition) is 1. The molecule has 2 aromatic carbocycles. The molecule has 1 nitrogen and oxygen atoms in total. The minimum atomic E-state index is 0.314. The highest BCUT2D eigenvalue weighted by Crippen LogP contribution is 2.28. The Hall–Kier alpha value is -1.41. The van der Waals surface area contributed by atoms with E-state index in [-0.39, 0.29) is 0 Å². The first-order chi connectivity index (χ1) is 8.35. The zero-order chi connectivity index (χ0) is 12.1. The normalized spacial score (nSPS) is 12.1. The highest BCUT2D eigenvalue weighted by molar-refractivity contribution is 7.80. The topological polar surface area (TPSA) is 9.23 Å². The van der Waals surface area contributed by atoms with Gasteiger partial charge in [0, 0.05) is 11.7 Å². The number of rotatable bonds is 4. The molecular weight excluding hydrogens is 228 g/mol. The molecule has 0 aliphatic carbocycles. The van der Waals surface area contributed by atoms with Crippen LogP contribution in [-0.2, 0) is 0 Å². The van der Waals surface area contributed by atoms with Gasteiger partial charge in [0.25, 0.3) is 0 Å². The Balaban J connectivity index is 2.35. The van der Waals surface area contributed by atoms with Crippen molar-refractivity contribution in [1.82, 2.24) is 0 Å². The van der Waals surface area contributed by atoms with E-state index >= 15 is 0 Å². The van der Waals surface area contributed by atoms with Crippen molar-refractivity contribution in [3.63, 3.8) is 0 Å². The van der Waals surface area contributed by atoms with Gasteiger partial charge in [-0.3, -0.25) is 0 Å². The molecule has 0 spiro atoms. The SMILES string of the molecule is COc1cccc(C(CS)c2ccccc2)c1. The summed E-state index contributed by atoms with van der Waals surface area (Å²) >= 11 is 4.46. The van der Waals surface area contributed by atoms with E-state index in [0.29, 0.717) is 5.92 Å². The Morgan fingerprint density at radius 1 is 1.00 bits per heavy atom. The molecule has 0 aliphatic heterocycles. The van der Waals surface area contributed by atoms with Gasteiger partial charge in [-0.15, -0.1) is 0 Å². The van der Waals surface area contributed by atoms with E-state index < -0.39 is 0 Å². The second-order valence-electron chi connectivity index (χ2n) is 3.92. The summed E-state index contributed by atoms with van der Waals surface area (Å²) in [7, 11) is 1.69. The fourth-order valence-corrected chi connectivity index (χ4v) is 2.37. The van der Waals surface area contributed by atoms with Crippen LogP contribution < -0.4 is 4.74 Å². The maximum absolute atomic E-state index is 5.26. The summed E-state index contributed by atoms with van der Waals surface area (Å²) in [4.78, 5) is 0. The van der Waals surface area contributed by atoms with Crippen LogP contribution in [0.1, 0.15) is 17.0 Å². The number of thiol groups is 1. The molecule has 0 radical (unpaired) electrons. The molecule has 1 atom stereocenters. The van der Waals surface area contributed by atoms with Crippen molar-refractivity contribution >= 4 is 12.6 Å². The van der Waals surface area contributed by atoms with E-state index in [1.807, 2.05) is 18.2 Å². The average Bonchev–Trinajstić information content (AvgIpc) is 2.41. The summed E-state index contributed by atoms with van der Waals surface area (Å²) in [6.45, 7) is 0. The van der Waals surface area contributed by atoms with E-state index in [0.717, 1.165) is 11.5 Å². The van der Waals surface area contributed by atoms with E-state index in [9.17, 15) is 0 Å². The van der Waals surface area contributed by atoms with Crippen molar-refractivity contribution in [1.29, 1.82) is 0 Å². The molecular formula is C15H16OS. The third-order valence-corrected chi connectivity index (χ3v) is 3.25. The number of ether oxygens (including phenoxy) is 1.